The van der Waals surface area contributed by atoms with Gasteiger partial charge in [-0.3, -0.25) is 4.79 Å². The van der Waals surface area contributed by atoms with Crippen molar-refractivity contribution in [3.05, 3.63) is 64.2 Å². The minimum atomic E-state index is -0.153. The molecule has 0 unspecified atom stereocenters. The summed E-state index contributed by atoms with van der Waals surface area (Å²) in [6.07, 6.45) is 2.03. The van der Waals surface area contributed by atoms with E-state index in [0.29, 0.717) is 11.3 Å². The number of benzene rings is 1. The molecule has 24 heavy (non-hydrogen) atoms. The number of fused-ring (bicyclic) bond motifs is 2. The Morgan fingerprint density at radius 2 is 1.96 bits per heavy atom. The first-order chi connectivity index (χ1) is 11.6. The lowest BCUT2D eigenvalue weighted by Crippen LogP contribution is -2.04. The summed E-state index contributed by atoms with van der Waals surface area (Å²) < 4.78 is 7.46. The minimum Gasteiger partial charge on any atom is -0.495 e. The highest BCUT2D eigenvalue weighted by Gasteiger charge is 2.15. The van der Waals surface area contributed by atoms with Crippen LogP contribution in [0.2, 0.25) is 0 Å². The minimum absolute atomic E-state index is 0.153. The topological polar surface area (TPSA) is 59.4 Å². The highest BCUT2D eigenvalue weighted by molar-refractivity contribution is 5.97. The van der Waals surface area contributed by atoms with Gasteiger partial charge in [0, 0.05) is 28.9 Å². The van der Waals surface area contributed by atoms with Crippen molar-refractivity contribution >= 4 is 16.6 Å². The Morgan fingerprint density at radius 3 is 2.75 bits per heavy atom. The maximum atomic E-state index is 11.7. The maximum absolute atomic E-state index is 11.7. The lowest BCUT2D eigenvalue weighted by atomic mass is 10.0. The second kappa shape index (κ2) is 5.23. The quantitative estimate of drug-likeness (QED) is 0.615. The molecule has 3 aromatic heterocycles. The van der Waals surface area contributed by atoms with Crippen LogP contribution >= 0.6 is 0 Å². The Morgan fingerprint density at radius 1 is 1.12 bits per heavy atom. The summed E-state index contributed by atoms with van der Waals surface area (Å²) >= 11 is 0. The molecule has 120 valence electrons. The summed E-state index contributed by atoms with van der Waals surface area (Å²) in [5.41, 5.74) is 5.55. The largest absolute Gasteiger partial charge is 0.495 e. The zero-order chi connectivity index (χ0) is 16.8. The Kier molecular flexibility index (Phi) is 3.16. The van der Waals surface area contributed by atoms with Crippen molar-refractivity contribution in [1.29, 1.82) is 0 Å². The van der Waals surface area contributed by atoms with Gasteiger partial charge in [0.25, 0.3) is 0 Å². The van der Waals surface area contributed by atoms with Crippen LogP contribution in [0.4, 0.5) is 0 Å². The molecule has 4 aromatic rings. The van der Waals surface area contributed by atoms with Crippen LogP contribution in [0.15, 0.2) is 47.4 Å². The van der Waals surface area contributed by atoms with Crippen molar-refractivity contribution in [2.45, 2.75) is 13.8 Å². The van der Waals surface area contributed by atoms with E-state index in [1.165, 1.54) is 11.6 Å². The average molecular weight is 319 g/mol. The van der Waals surface area contributed by atoms with Gasteiger partial charge in [0.1, 0.15) is 11.4 Å². The fourth-order valence-electron chi connectivity index (χ4n) is 3.13. The van der Waals surface area contributed by atoms with Gasteiger partial charge in [-0.2, -0.15) is 0 Å². The monoisotopic (exact) mass is 319 g/mol. The fraction of sp³-hybridized carbons (Fsp3) is 0.158. The van der Waals surface area contributed by atoms with Crippen LogP contribution in [0.25, 0.3) is 27.8 Å². The normalized spacial score (nSPS) is 11.3. The molecule has 0 aliphatic carbocycles. The van der Waals surface area contributed by atoms with E-state index in [2.05, 4.69) is 28.4 Å². The molecular weight excluding hydrogens is 302 g/mol. The fourth-order valence-corrected chi connectivity index (χ4v) is 3.13. The van der Waals surface area contributed by atoms with E-state index < -0.39 is 0 Å². The van der Waals surface area contributed by atoms with Crippen molar-refractivity contribution in [1.82, 2.24) is 14.4 Å². The highest BCUT2D eigenvalue weighted by Crippen LogP contribution is 2.34. The number of hydrogen-bond acceptors (Lipinski definition) is 3. The summed E-state index contributed by atoms with van der Waals surface area (Å²) in [6, 6.07) is 11.3. The van der Waals surface area contributed by atoms with Crippen LogP contribution in [0, 0.1) is 13.8 Å². The number of imidazole rings is 1. The number of rotatable bonds is 2. The third kappa shape index (κ3) is 2.09. The van der Waals surface area contributed by atoms with E-state index in [-0.39, 0.29) is 5.56 Å². The van der Waals surface area contributed by atoms with Gasteiger partial charge in [-0.25, -0.2) is 4.98 Å². The molecule has 5 nitrogen and oxygen atoms in total. The van der Waals surface area contributed by atoms with Gasteiger partial charge in [0.05, 0.1) is 18.3 Å². The van der Waals surface area contributed by atoms with E-state index in [0.717, 1.165) is 28.0 Å². The number of methoxy groups -OCH3 is 1. The third-order valence-electron chi connectivity index (χ3n) is 4.35. The first-order valence-corrected chi connectivity index (χ1v) is 7.74. The standard InChI is InChI=1S/C19H17N3O2/c1-11-8-9-22-12(2)18(20-16(22)10-11)13-4-6-15(24-3)19-14(13)5-7-17(23)21-19/h4-10H,1-3H3,(H,21,23). The number of hydrogen-bond donors (Lipinski definition) is 1. The Bertz CT molecular complexity index is 1140. The van der Waals surface area contributed by atoms with Gasteiger partial charge in [-0.1, -0.05) is 0 Å². The van der Waals surface area contributed by atoms with Crippen molar-refractivity contribution in [2.75, 3.05) is 7.11 Å². The highest BCUT2D eigenvalue weighted by atomic mass is 16.5. The Labute approximate surface area is 138 Å². The first kappa shape index (κ1) is 14.5. The summed E-state index contributed by atoms with van der Waals surface area (Å²) in [7, 11) is 1.60. The number of nitrogens with one attached hydrogen (secondary N) is 1. The number of ether oxygens (including phenoxy) is 1. The predicted molar refractivity (Wildman–Crippen MR) is 94.8 cm³/mol. The molecule has 0 aliphatic heterocycles. The zero-order valence-electron chi connectivity index (χ0n) is 13.8. The molecule has 0 radical (unpaired) electrons. The predicted octanol–water partition coefficient (Wildman–Crippen LogP) is 3.47. The van der Waals surface area contributed by atoms with Gasteiger partial charge >= 0.3 is 0 Å². The van der Waals surface area contributed by atoms with Crippen molar-refractivity contribution < 1.29 is 4.74 Å². The van der Waals surface area contributed by atoms with Crippen LogP contribution in [-0.2, 0) is 0 Å². The maximum Gasteiger partial charge on any atom is 0.248 e. The number of nitrogens with zero attached hydrogens (tertiary/aromatic N) is 2. The molecule has 1 aromatic carbocycles. The number of H-pyrrole nitrogens is 1. The summed E-state index contributed by atoms with van der Waals surface area (Å²) in [4.78, 5) is 19.4. The number of aryl methyl sites for hydroxylation is 2. The van der Waals surface area contributed by atoms with E-state index in [4.69, 9.17) is 9.72 Å². The van der Waals surface area contributed by atoms with Crippen molar-refractivity contribution in [3.63, 3.8) is 0 Å². The van der Waals surface area contributed by atoms with Crippen molar-refractivity contribution in [3.8, 4) is 17.0 Å². The number of pyridine rings is 2. The molecular formula is C19H17N3O2. The number of aromatic nitrogens is 3. The molecule has 0 amide bonds. The molecule has 0 saturated carbocycles. The molecule has 3 heterocycles. The average Bonchev–Trinajstić information content (AvgIpc) is 2.89. The first-order valence-electron chi connectivity index (χ1n) is 7.74. The second-order valence-electron chi connectivity index (χ2n) is 5.90. The van der Waals surface area contributed by atoms with Crippen LogP contribution in [-0.4, -0.2) is 21.5 Å². The molecule has 0 spiro atoms. The molecule has 0 aliphatic rings. The van der Waals surface area contributed by atoms with Gasteiger partial charge < -0.3 is 14.1 Å². The van der Waals surface area contributed by atoms with Crippen LogP contribution in [0.1, 0.15) is 11.3 Å². The second-order valence-corrected chi connectivity index (χ2v) is 5.90. The lowest BCUT2D eigenvalue weighted by Gasteiger charge is -2.09. The van der Waals surface area contributed by atoms with Gasteiger partial charge in [0.15, 0.2) is 0 Å². The van der Waals surface area contributed by atoms with E-state index in [1.54, 1.807) is 7.11 Å². The summed E-state index contributed by atoms with van der Waals surface area (Å²) in [5.74, 6) is 0.642. The van der Waals surface area contributed by atoms with Crippen molar-refractivity contribution in [2.24, 2.45) is 0 Å². The summed E-state index contributed by atoms with van der Waals surface area (Å²) in [5, 5.41) is 0.914. The molecule has 0 saturated heterocycles. The van der Waals surface area contributed by atoms with Crippen LogP contribution in [0.5, 0.6) is 5.75 Å². The smallest absolute Gasteiger partial charge is 0.248 e. The molecule has 4 rings (SSSR count). The van der Waals surface area contributed by atoms with Crippen LogP contribution in [0.3, 0.4) is 0 Å². The number of aromatic amines is 1. The SMILES string of the molecule is COc1ccc(-c2nc3cc(C)ccn3c2C)c2ccc(=O)[nH]c12. The van der Waals surface area contributed by atoms with E-state index in [1.807, 2.05) is 31.3 Å². The zero-order valence-corrected chi connectivity index (χ0v) is 13.8. The van der Waals surface area contributed by atoms with E-state index in [9.17, 15) is 4.79 Å². The molecule has 0 atom stereocenters. The molecule has 5 heteroatoms. The van der Waals surface area contributed by atoms with Crippen LogP contribution < -0.4 is 10.3 Å². The van der Waals surface area contributed by atoms with Gasteiger partial charge in [-0.05, 0) is 49.7 Å². The molecule has 1 N–H and O–H groups in total. The van der Waals surface area contributed by atoms with Gasteiger partial charge in [0.2, 0.25) is 5.56 Å². The summed E-state index contributed by atoms with van der Waals surface area (Å²) in [6.45, 7) is 4.10. The Balaban J connectivity index is 2.07. The van der Waals surface area contributed by atoms with E-state index >= 15 is 0 Å². The molecule has 0 bridgehead atoms. The Hall–Kier alpha value is -3.08. The lowest BCUT2D eigenvalue weighted by molar-refractivity contribution is 0.419. The van der Waals surface area contributed by atoms with Gasteiger partial charge in [-0.15, -0.1) is 0 Å². The third-order valence-corrected chi connectivity index (χ3v) is 4.35. The molecule has 0 fully saturated rings.